The van der Waals surface area contributed by atoms with Crippen LogP contribution in [0.4, 0.5) is 8.78 Å². The Hall–Kier alpha value is -1.54. The van der Waals surface area contributed by atoms with Gasteiger partial charge in [0.1, 0.15) is 5.69 Å². The van der Waals surface area contributed by atoms with Gasteiger partial charge in [-0.1, -0.05) is 0 Å². The van der Waals surface area contributed by atoms with Crippen LogP contribution in [-0.4, -0.2) is 10.1 Å². The van der Waals surface area contributed by atoms with Crippen LogP contribution >= 0.6 is 0 Å². The van der Waals surface area contributed by atoms with Gasteiger partial charge in [0.15, 0.2) is 0 Å². The molecule has 1 N–H and O–H groups in total. The first-order valence-corrected chi connectivity index (χ1v) is 3.47. The van der Waals surface area contributed by atoms with Crippen LogP contribution in [0.3, 0.4) is 0 Å². The quantitative estimate of drug-likeness (QED) is 0.755. The summed E-state index contributed by atoms with van der Waals surface area (Å²) in [6.07, 6.45) is -2.72. The molecule has 0 spiro atoms. The van der Waals surface area contributed by atoms with E-state index in [1.54, 1.807) is 6.07 Å². The zero-order valence-electron chi connectivity index (χ0n) is 6.54. The first-order valence-electron chi connectivity index (χ1n) is 3.47. The van der Waals surface area contributed by atoms with E-state index < -0.39 is 18.7 Å². The second kappa shape index (κ2) is 3.92. The SMILES string of the molecule is N#Cc1cc(CO)nc(C(F)F)c1. The summed E-state index contributed by atoms with van der Waals surface area (Å²) in [5.41, 5.74) is -0.327. The zero-order valence-corrected chi connectivity index (χ0v) is 6.54. The monoisotopic (exact) mass is 184 g/mol. The maximum atomic E-state index is 12.1. The van der Waals surface area contributed by atoms with Crippen LogP contribution in [0, 0.1) is 11.3 Å². The molecule has 0 unspecified atom stereocenters. The molecule has 0 radical (unpaired) electrons. The Bertz CT molecular complexity index is 346. The molecule has 0 aliphatic heterocycles. The fourth-order valence-electron chi connectivity index (χ4n) is 0.868. The number of nitriles is 1. The van der Waals surface area contributed by atoms with Gasteiger partial charge in [0.05, 0.1) is 23.9 Å². The molecule has 1 aromatic heterocycles. The van der Waals surface area contributed by atoms with E-state index >= 15 is 0 Å². The number of halogens is 2. The highest BCUT2D eigenvalue weighted by Crippen LogP contribution is 2.18. The van der Waals surface area contributed by atoms with Gasteiger partial charge in [-0.25, -0.2) is 13.8 Å². The summed E-state index contributed by atoms with van der Waals surface area (Å²) in [6, 6.07) is 3.99. The van der Waals surface area contributed by atoms with Crippen LogP contribution in [0.25, 0.3) is 0 Å². The molecule has 3 nitrogen and oxygen atoms in total. The Morgan fingerprint density at radius 1 is 1.54 bits per heavy atom. The van der Waals surface area contributed by atoms with Crippen molar-refractivity contribution < 1.29 is 13.9 Å². The van der Waals surface area contributed by atoms with Gasteiger partial charge < -0.3 is 5.11 Å². The molecule has 13 heavy (non-hydrogen) atoms. The Morgan fingerprint density at radius 2 is 2.23 bits per heavy atom. The summed E-state index contributed by atoms with van der Waals surface area (Å²) >= 11 is 0. The van der Waals surface area contributed by atoms with Gasteiger partial charge in [-0.05, 0) is 12.1 Å². The number of aliphatic hydroxyl groups excluding tert-OH is 1. The third kappa shape index (κ3) is 2.20. The van der Waals surface area contributed by atoms with Crippen molar-refractivity contribution >= 4 is 0 Å². The lowest BCUT2D eigenvalue weighted by Gasteiger charge is -2.01. The van der Waals surface area contributed by atoms with Crippen LogP contribution in [-0.2, 0) is 6.61 Å². The maximum absolute atomic E-state index is 12.1. The zero-order chi connectivity index (χ0) is 9.84. The first kappa shape index (κ1) is 9.55. The molecule has 0 saturated heterocycles. The Labute approximate surface area is 73.3 Å². The lowest BCUT2D eigenvalue weighted by Crippen LogP contribution is -1.97. The molecule has 0 atom stereocenters. The summed E-state index contributed by atoms with van der Waals surface area (Å²) in [4.78, 5) is 3.45. The number of aromatic nitrogens is 1. The van der Waals surface area contributed by atoms with Crippen molar-refractivity contribution in [3.63, 3.8) is 0 Å². The van der Waals surface area contributed by atoms with Crippen molar-refractivity contribution in [2.24, 2.45) is 0 Å². The predicted molar refractivity (Wildman–Crippen MR) is 39.8 cm³/mol. The number of rotatable bonds is 2. The third-order valence-electron chi connectivity index (χ3n) is 1.41. The van der Waals surface area contributed by atoms with E-state index in [2.05, 4.69) is 4.98 Å². The molecule has 5 heteroatoms. The van der Waals surface area contributed by atoms with Crippen LogP contribution in [0.2, 0.25) is 0 Å². The van der Waals surface area contributed by atoms with Crippen molar-refractivity contribution in [2.75, 3.05) is 0 Å². The molecule has 0 bridgehead atoms. The van der Waals surface area contributed by atoms with Crippen molar-refractivity contribution in [1.82, 2.24) is 4.98 Å². The summed E-state index contributed by atoms with van der Waals surface area (Å²) in [7, 11) is 0. The van der Waals surface area contributed by atoms with Gasteiger partial charge in [-0.15, -0.1) is 0 Å². The second-order valence-corrected chi connectivity index (χ2v) is 2.34. The molecular formula is C8H6F2N2O. The number of aliphatic hydroxyl groups is 1. The van der Waals surface area contributed by atoms with Crippen LogP contribution in [0.5, 0.6) is 0 Å². The van der Waals surface area contributed by atoms with E-state index in [0.717, 1.165) is 6.07 Å². The first-order chi connectivity index (χ1) is 6.17. The third-order valence-corrected chi connectivity index (χ3v) is 1.41. The topological polar surface area (TPSA) is 56.9 Å². The highest BCUT2D eigenvalue weighted by atomic mass is 19.3. The van der Waals surface area contributed by atoms with E-state index in [0.29, 0.717) is 0 Å². The molecule has 1 heterocycles. The highest BCUT2D eigenvalue weighted by Gasteiger charge is 2.11. The minimum atomic E-state index is -2.72. The van der Waals surface area contributed by atoms with Gasteiger partial charge in [-0.2, -0.15) is 5.26 Å². The van der Waals surface area contributed by atoms with E-state index in [9.17, 15) is 8.78 Å². The summed E-state index contributed by atoms with van der Waals surface area (Å²) in [6.45, 7) is -0.449. The summed E-state index contributed by atoms with van der Waals surface area (Å²) < 4.78 is 24.3. The number of nitrogens with zero attached hydrogens (tertiary/aromatic N) is 2. The molecule has 68 valence electrons. The maximum Gasteiger partial charge on any atom is 0.280 e. The summed E-state index contributed by atoms with van der Waals surface area (Å²) in [5, 5.41) is 17.1. The predicted octanol–water partition coefficient (Wildman–Crippen LogP) is 1.38. The minimum Gasteiger partial charge on any atom is -0.390 e. The van der Waals surface area contributed by atoms with E-state index in [1.807, 2.05) is 0 Å². The van der Waals surface area contributed by atoms with Crippen molar-refractivity contribution in [1.29, 1.82) is 5.26 Å². The van der Waals surface area contributed by atoms with E-state index in [1.165, 1.54) is 6.07 Å². The smallest absolute Gasteiger partial charge is 0.280 e. The molecule has 1 aromatic rings. The molecule has 0 saturated carbocycles. The molecule has 0 aliphatic carbocycles. The van der Waals surface area contributed by atoms with Gasteiger partial charge in [-0.3, -0.25) is 0 Å². The lowest BCUT2D eigenvalue weighted by molar-refractivity contribution is 0.145. The normalized spacial score (nSPS) is 10.1. The van der Waals surface area contributed by atoms with Crippen LogP contribution in [0.15, 0.2) is 12.1 Å². The van der Waals surface area contributed by atoms with E-state index in [-0.39, 0.29) is 11.3 Å². The lowest BCUT2D eigenvalue weighted by atomic mass is 10.2. The molecule has 1 rings (SSSR count). The van der Waals surface area contributed by atoms with Crippen molar-refractivity contribution in [2.45, 2.75) is 13.0 Å². The van der Waals surface area contributed by atoms with Gasteiger partial charge in [0.2, 0.25) is 0 Å². The molecule has 0 aliphatic rings. The van der Waals surface area contributed by atoms with Crippen LogP contribution < -0.4 is 0 Å². The fourth-order valence-corrected chi connectivity index (χ4v) is 0.868. The molecule has 0 amide bonds. The Balaban J connectivity index is 3.17. The molecule has 0 fully saturated rings. The van der Waals surface area contributed by atoms with Crippen molar-refractivity contribution in [3.8, 4) is 6.07 Å². The van der Waals surface area contributed by atoms with Gasteiger partial charge >= 0.3 is 0 Å². The molecular weight excluding hydrogens is 178 g/mol. The molecule has 0 aromatic carbocycles. The number of hydrogen-bond donors (Lipinski definition) is 1. The van der Waals surface area contributed by atoms with Gasteiger partial charge in [0.25, 0.3) is 6.43 Å². The summed E-state index contributed by atoms with van der Waals surface area (Å²) in [5.74, 6) is 0. The highest BCUT2D eigenvalue weighted by molar-refractivity contribution is 5.32. The largest absolute Gasteiger partial charge is 0.390 e. The Morgan fingerprint density at radius 3 is 2.69 bits per heavy atom. The average Bonchev–Trinajstić information content (AvgIpc) is 2.16. The second-order valence-electron chi connectivity index (χ2n) is 2.34. The van der Waals surface area contributed by atoms with Crippen LogP contribution in [0.1, 0.15) is 23.4 Å². The minimum absolute atomic E-state index is 0.0781. The number of alkyl halides is 2. The standard InChI is InChI=1S/C8H6F2N2O/c9-8(10)7-2-5(3-11)1-6(4-13)12-7/h1-2,8,13H,4H2. The fraction of sp³-hybridized carbons (Fsp3) is 0.250. The van der Waals surface area contributed by atoms with Gasteiger partial charge in [0, 0.05) is 0 Å². The average molecular weight is 184 g/mol. The van der Waals surface area contributed by atoms with E-state index in [4.69, 9.17) is 10.4 Å². The number of hydrogen-bond acceptors (Lipinski definition) is 3. The van der Waals surface area contributed by atoms with Crippen molar-refractivity contribution in [3.05, 3.63) is 29.1 Å². The number of pyridine rings is 1. The Kier molecular flexibility index (Phi) is 2.88.